The summed E-state index contributed by atoms with van der Waals surface area (Å²) in [6.07, 6.45) is -1.21. The number of rotatable bonds is 7. The van der Waals surface area contributed by atoms with Crippen molar-refractivity contribution in [3.05, 3.63) is 36.0 Å². The van der Waals surface area contributed by atoms with Gasteiger partial charge in [0, 0.05) is 12.2 Å². The number of nitrogens with zero attached hydrogens (tertiary/aromatic N) is 2. The number of unbranched alkanes of at least 4 members (excludes halogenated alkanes) is 1. The number of ether oxygens (including phenoxy) is 1. The predicted molar refractivity (Wildman–Crippen MR) is 87.9 cm³/mol. The summed E-state index contributed by atoms with van der Waals surface area (Å²) < 4.78 is 43.9. The molecule has 0 radical (unpaired) electrons. The van der Waals surface area contributed by atoms with Crippen molar-refractivity contribution in [1.29, 1.82) is 0 Å². The average molecular weight is 370 g/mol. The van der Waals surface area contributed by atoms with E-state index in [2.05, 4.69) is 15.6 Å². The van der Waals surface area contributed by atoms with Crippen LogP contribution in [0.5, 0.6) is 6.01 Å². The fraction of sp³-hybridized carbons (Fsp3) is 0.312. The predicted octanol–water partition coefficient (Wildman–Crippen LogP) is 3.88. The topological polar surface area (TPSA) is 85.2 Å². The third-order valence-corrected chi connectivity index (χ3v) is 3.36. The van der Waals surface area contributed by atoms with Crippen molar-refractivity contribution in [2.75, 3.05) is 10.6 Å². The van der Waals surface area contributed by atoms with Gasteiger partial charge in [-0.1, -0.05) is 13.3 Å². The highest BCUT2D eigenvalue weighted by atomic mass is 19.4. The molecule has 0 aliphatic rings. The Hall–Kier alpha value is -3.04. The third-order valence-electron chi connectivity index (χ3n) is 3.36. The Bertz CT molecular complexity index is 757. The number of carbonyl (C=O) groups is 2. The standard InChI is InChI=1S/C16H17F3N4O3/c1-2-3-8-23-9-13(22-15(23)26-10-24)21-14(25)20-12-6-4-11(5-7-12)16(17,18)19/h4-7,9-10H,2-3,8H2,1H3,(H2,20,21,25). The van der Waals surface area contributed by atoms with Crippen LogP contribution < -0.4 is 15.4 Å². The first-order chi connectivity index (χ1) is 12.3. The molecule has 0 atom stereocenters. The normalized spacial score (nSPS) is 11.1. The number of alkyl halides is 3. The van der Waals surface area contributed by atoms with E-state index in [0.29, 0.717) is 6.54 Å². The molecule has 2 rings (SSSR count). The zero-order valence-electron chi connectivity index (χ0n) is 13.8. The molecule has 1 aromatic heterocycles. The number of benzene rings is 1. The van der Waals surface area contributed by atoms with Gasteiger partial charge in [0.05, 0.1) is 11.8 Å². The van der Waals surface area contributed by atoms with Crippen molar-refractivity contribution in [3.63, 3.8) is 0 Å². The first-order valence-electron chi connectivity index (χ1n) is 7.76. The molecule has 2 amide bonds. The fourth-order valence-electron chi connectivity index (χ4n) is 2.11. The van der Waals surface area contributed by atoms with E-state index in [9.17, 15) is 22.8 Å². The number of aryl methyl sites for hydroxylation is 1. The zero-order valence-corrected chi connectivity index (χ0v) is 13.8. The van der Waals surface area contributed by atoms with Crippen molar-refractivity contribution in [2.24, 2.45) is 0 Å². The lowest BCUT2D eigenvalue weighted by Crippen LogP contribution is -2.19. The van der Waals surface area contributed by atoms with Crippen molar-refractivity contribution >= 4 is 24.0 Å². The number of carbonyl (C=O) groups excluding carboxylic acids is 2. The van der Waals surface area contributed by atoms with Crippen LogP contribution >= 0.6 is 0 Å². The number of halogens is 3. The highest BCUT2D eigenvalue weighted by molar-refractivity contribution is 5.99. The summed E-state index contributed by atoms with van der Waals surface area (Å²) in [6.45, 7) is 2.78. The fourth-order valence-corrected chi connectivity index (χ4v) is 2.11. The molecule has 0 saturated heterocycles. The summed E-state index contributed by atoms with van der Waals surface area (Å²) in [7, 11) is 0. The lowest BCUT2D eigenvalue weighted by Gasteiger charge is -2.08. The van der Waals surface area contributed by atoms with E-state index in [0.717, 1.165) is 37.1 Å². The van der Waals surface area contributed by atoms with Gasteiger partial charge in [-0.3, -0.25) is 14.7 Å². The Morgan fingerprint density at radius 2 is 1.96 bits per heavy atom. The molecule has 0 aliphatic carbocycles. The van der Waals surface area contributed by atoms with Gasteiger partial charge in [0.25, 0.3) is 0 Å². The lowest BCUT2D eigenvalue weighted by atomic mass is 10.2. The molecular formula is C16H17F3N4O3. The minimum absolute atomic E-state index is 0.0401. The smallest absolute Gasteiger partial charge is 0.394 e. The quantitative estimate of drug-likeness (QED) is 0.725. The number of aromatic nitrogens is 2. The van der Waals surface area contributed by atoms with Crippen molar-refractivity contribution in [1.82, 2.24) is 9.55 Å². The summed E-state index contributed by atoms with van der Waals surface area (Å²) in [5, 5.41) is 4.83. The highest BCUT2D eigenvalue weighted by Gasteiger charge is 2.30. The van der Waals surface area contributed by atoms with Crippen LogP contribution in [-0.2, 0) is 17.5 Å². The van der Waals surface area contributed by atoms with E-state index in [1.807, 2.05) is 6.92 Å². The Morgan fingerprint density at radius 1 is 1.27 bits per heavy atom. The van der Waals surface area contributed by atoms with E-state index in [4.69, 9.17) is 4.74 Å². The maximum atomic E-state index is 12.5. The molecule has 0 bridgehead atoms. The monoisotopic (exact) mass is 370 g/mol. The number of nitrogens with one attached hydrogen (secondary N) is 2. The van der Waals surface area contributed by atoms with E-state index >= 15 is 0 Å². The molecule has 0 fully saturated rings. The third kappa shape index (κ3) is 5.23. The second kappa shape index (κ2) is 8.37. The second-order valence-electron chi connectivity index (χ2n) is 5.32. The first kappa shape index (κ1) is 19.3. The maximum Gasteiger partial charge on any atom is 0.416 e. The number of amides is 2. The van der Waals surface area contributed by atoms with E-state index < -0.39 is 17.8 Å². The zero-order chi connectivity index (χ0) is 19.2. The van der Waals surface area contributed by atoms with E-state index in [-0.39, 0.29) is 24.0 Å². The Labute approximate surface area is 147 Å². The van der Waals surface area contributed by atoms with Gasteiger partial charge in [-0.15, -0.1) is 0 Å². The summed E-state index contributed by atoms with van der Waals surface area (Å²) >= 11 is 0. The van der Waals surface area contributed by atoms with Crippen LogP contribution in [0.4, 0.5) is 29.5 Å². The van der Waals surface area contributed by atoms with Gasteiger partial charge in [-0.05, 0) is 30.7 Å². The average Bonchev–Trinajstić information content (AvgIpc) is 2.94. The van der Waals surface area contributed by atoms with Crippen LogP contribution in [0, 0.1) is 0 Å². The van der Waals surface area contributed by atoms with Gasteiger partial charge >= 0.3 is 24.7 Å². The van der Waals surface area contributed by atoms with E-state index in [1.54, 1.807) is 4.57 Å². The highest BCUT2D eigenvalue weighted by Crippen LogP contribution is 2.29. The molecule has 10 heteroatoms. The molecule has 140 valence electrons. The number of hydrogen-bond acceptors (Lipinski definition) is 4. The van der Waals surface area contributed by atoms with Gasteiger partial charge in [0.1, 0.15) is 0 Å². The molecule has 2 aromatic rings. The minimum Gasteiger partial charge on any atom is -0.394 e. The van der Waals surface area contributed by atoms with Crippen molar-refractivity contribution in [3.8, 4) is 6.01 Å². The molecule has 0 saturated carbocycles. The molecule has 1 heterocycles. The van der Waals surface area contributed by atoms with Crippen LogP contribution in [0.1, 0.15) is 25.3 Å². The van der Waals surface area contributed by atoms with Crippen molar-refractivity contribution < 1.29 is 27.5 Å². The Morgan fingerprint density at radius 3 is 2.54 bits per heavy atom. The van der Waals surface area contributed by atoms with Crippen LogP contribution in [0.3, 0.4) is 0 Å². The summed E-state index contributed by atoms with van der Waals surface area (Å²) in [6, 6.07) is 3.36. The van der Waals surface area contributed by atoms with Gasteiger partial charge in [0.2, 0.25) is 0 Å². The molecule has 0 unspecified atom stereocenters. The molecule has 26 heavy (non-hydrogen) atoms. The van der Waals surface area contributed by atoms with Crippen LogP contribution in [-0.4, -0.2) is 22.1 Å². The van der Waals surface area contributed by atoms with Gasteiger partial charge < -0.3 is 10.1 Å². The van der Waals surface area contributed by atoms with Gasteiger partial charge in [-0.25, -0.2) is 4.79 Å². The molecular weight excluding hydrogens is 353 g/mol. The number of anilines is 2. The van der Waals surface area contributed by atoms with Crippen LogP contribution in [0.25, 0.3) is 0 Å². The molecule has 1 aromatic carbocycles. The lowest BCUT2D eigenvalue weighted by molar-refractivity contribution is -0.137. The Kier molecular flexibility index (Phi) is 6.21. The molecule has 0 aliphatic heterocycles. The molecule has 2 N–H and O–H groups in total. The Balaban J connectivity index is 2.01. The second-order valence-corrected chi connectivity index (χ2v) is 5.32. The van der Waals surface area contributed by atoms with Crippen molar-refractivity contribution in [2.45, 2.75) is 32.5 Å². The summed E-state index contributed by atoms with van der Waals surface area (Å²) in [5.41, 5.74) is -0.626. The minimum atomic E-state index is -4.44. The number of imidazole rings is 1. The maximum absolute atomic E-state index is 12.5. The van der Waals surface area contributed by atoms with Gasteiger partial charge in [0.15, 0.2) is 5.82 Å². The SMILES string of the molecule is CCCCn1cc(NC(=O)Nc2ccc(C(F)(F)F)cc2)nc1OC=O. The largest absolute Gasteiger partial charge is 0.416 e. The summed E-state index contributed by atoms with van der Waals surface area (Å²) in [5.74, 6) is 0.141. The van der Waals surface area contributed by atoms with Gasteiger partial charge in [-0.2, -0.15) is 18.2 Å². The number of hydrogen-bond donors (Lipinski definition) is 2. The van der Waals surface area contributed by atoms with E-state index in [1.165, 1.54) is 6.20 Å². The summed E-state index contributed by atoms with van der Waals surface area (Å²) in [4.78, 5) is 26.4. The van der Waals surface area contributed by atoms with Crippen LogP contribution in [0.2, 0.25) is 0 Å². The number of urea groups is 1. The molecule has 7 nitrogen and oxygen atoms in total. The molecule has 0 spiro atoms. The first-order valence-corrected chi connectivity index (χ1v) is 7.76. The van der Waals surface area contributed by atoms with Crippen LogP contribution in [0.15, 0.2) is 30.5 Å².